The lowest BCUT2D eigenvalue weighted by Gasteiger charge is -1.98. The van der Waals surface area contributed by atoms with Crippen molar-refractivity contribution in [1.82, 2.24) is 10.3 Å². The molecule has 5 heteroatoms. The van der Waals surface area contributed by atoms with Crippen molar-refractivity contribution >= 4 is 24.2 Å². The van der Waals surface area contributed by atoms with Gasteiger partial charge in [0.15, 0.2) is 0 Å². The number of nitrogens with one attached hydrogen (secondary N) is 1. The molecule has 0 bridgehead atoms. The normalized spacial score (nSPS) is 12.4. The first-order valence-corrected chi connectivity index (χ1v) is 5.09. The lowest BCUT2D eigenvalue weighted by atomic mass is 10.3. The highest BCUT2D eigenvalue weighted by Gasteiger charge is 1.94. The summed E-state index contributed by atoms with van der Waals surface area (Å²) in [6, 6.07) is 3.79. The quantitative estimate of drug-likeness (QED) is 0.494. The van der Waals surface area contributed by atoms with E-state index in [1.165, 1.54) is 0 Å². The molecule has 0 aliphatic rings. The van der Waals surface area contributed by atoms with Gasteiger partial charge in [-0.25, -0.2) is 4.99 Å². The van der Waals surface area contributed by atoms with Crippen molar-refractivity contribution in [3.63, 3.8) is 0 Å². The smallest absolute Gasteiger partial charge is 0.149 e. The maximum atomic E-state index is 5.79. The van der Waals surface area contributed by atoms with E-state index in [1.54, 1.807) is 25.5 Å². The monoisotopic (exact) mass is 236 g/mol. The highest BCUT2D eigenvalue weighted by atomic mass is 35.5. The molecule has 1 aromatic rings. The van der Waals surface area contributed by atoms with Crippen LogP contribution in [0.5, 0.6) is 0 Å². The number of aliphatic imine (C=N–C) groups is 2. The van der Waals surface area contributed by atoms with Crippen molar-refractivity contribution in [1.29, 1.82) is 0 Å². The number of amidine groups is 1. The Balaban J connectivity index is 2.71. The molecule has 0 saturated carbocycles. The second kappa shape index (κ2) is 6.74. The molecule has 0 aromatic carbocycles. The molecule has 1 aromatic heterocycles. The molecule has 16 heavy (non-hydrogen) atoms. The fourth-order valence-corrected chi connectivity index (χ4v) is 1.08. The third-order valence-corrected chi connectivity index (χ3v) is 2.13. The summed E-state index contributed by atoms with van der Waals surface area (Å²) in [5.74, 6) is 0.496. The zero-order chi connectivity index (χ0) is 11.8. The Kier molecular flexibility index (Phi) is 5.22. The zero-order valence-electron chi connectivity index (χ0n) is 9.02. The van der Waals surface area contributed by atoms with E-state index in [4.69, 9.17) is 11.6 Å². The highest BCUT2D eigenvalue weighted by Crippen LogP contribution is 2.01. The van der Waals surface area contributed by atoms with Crippen LogP contribution in [0.15, 0.2) is 45.7 Å². The van der Waals surface area contributed by atoms with Crippen LogP contribution in [0.4, 0.5) is 0 Å². The molecule has 0 amide bonds. The fraction of sp³-hybridized carbons (Fsp3) is 0.182. The summed E-state index contributed by atoms with van der Waals surface area (Å²) in [6.45, 7) is 3.97. The van der Waals surface area contributed by atoms with E-state index in [9.17, 15) is 0 Å². The van der Waals surface area contributed by atoms with Crippen molar-refractivity contribution in [3.05, 3.63) is 41.3 Å². The number of pyridine rings is 1. The molecule has 84 valence electrons. The maximum absolute atomic E-state index is 5.79. The number of hydrogen-bond donors (Lipinski definition) is 1. The van der Waals surface area contributed by atoms with Gasteiger partial charge >= 0.3 is 0 Å². The summed E-state index contributed by atoms with van der Waals surface area (Å²) in [5, 5.41) is 3.25. The average molecular weight is 237 g/mol. The third kappa shape index (κ3) is 4.23. The summed E-state index contributed by atoms with van der Waals surface area (Å²) in [6.07, 6.45) is 5.07. The Morgan fingerprint density at radius 1 is 1.56 bits per heavy atom. The molecular formula is C11H13ClN4. The largest absolute Gasteiger partial charge is 0.379 e. The van der Waals surface area contributed by atoms with Gasteiger partial charge in [0, 0.05) is 25.5 Å². The molecule has 0 aliphatic heterocycles. The lowest BCUT2D eigenvalue weighted by Crippen LogP contribution is -2.02. The Morgan fingerprint density at radius 3 is 2.81 bits per heavy atom. The van der Waals surface area contributed by atoms with E-state index in [0.29, 0.717) is 17.5 Å². The van der Waals surface area contributed by atoms with Crippen molar-refractivity contribution in [2.45, 2.75) is 6.54 Å². The Bertz CT molecular complexity index is 398. The highest BCUT2D eigenvalue weighted by molar-refractivity contribution is 6.30. The van der Waals surface area contributed by atoms with E-state index in [1.807, 2.05) is 12.1 Å². The van der Waals surface area contributed by atoms with Crippen molar-refractivity contribution in [3.8, 4) is 0 Å². The first-order chi connectivity index (χ1) is 7.76. The second-order valence-electron chi connectivity index (χ2n) is 2.93. The number of hydrogen-bond acceptors (Lipinski definition) is 3. The molecule has 0 aliphatic carbocycles. The van der Waals surface area contributed by atoms with Gasteiger partial charge < -0.3 is 5.32 Å². The minimum absolute atomic E-state index is 0.473. The van der Waals surface area contributed by atoms with Gasteiger partial charge in [0.05, 0.1) is 6.54 Å². The predicted molar refractivity (Wildman–Crippen MR) is 67.9 cm³/mol. The van der Waals surface area contributed by atoms with Gasteiger partial charge in [0.1, 0.15) is 11.0 Å². The van der Waals surface area contributed by atoms with Gasteiger partial charge in [-0.3, -0.25) is 9.98 Å². The maximum Gasteiger partial charge on any atom is 0.149 e. The molecule has 1 rings (SSSR count). The summed E-state index contributed by atoms with van der Waals surface area (Å²) in [7, 11) is 1.72. The van der Waals surface area contributed by atoms with Crippen LogP contribution in [0.3, 0.4) is 0 Å². The first kappa shape index (κ1) is 12.4. The minimum Gasteiger partial charge on any atom is -0.379 e. The van der Waals surface area contributed by atoms with Crippen LogP contribution in [-0.4, -0.2) is 24.6 Å². The van der Waals surface area contributed by atoms with Gasteiger partial charge in [-0.1, -0.05) is 11.6 Å². The zero-order valence-corrected chi connectivity index (χ0v) is 9.78. The molecule has 4 nitrogen and oxygen atoms in total. The SMILES string of the molecule is C=NC(C=C(Cl)NC)=NCc1ccncc1. The van der Waals surface area contributed by atoms with Crippen LogP contribution in [-0.2, 0) is 6.54 Å². The van der Waals surface area contributed by atoms with Gasteiger partial charge in [0.25, 0.3) is 0 Å². The lowest BCUT2D eigenvalue weighted by molar-refractivity contribution is 1.05. The van der Waals surface area contributed by atoms with E-state index in [0.717, 1.165) is 5.56 Å². The number of halogens is 1. The van der Waals surface area contributed by atoms with Crippen LogP contribution in [0, 0.1) is 0 Å². The van der Waals surface area contributed by atoms with E-state index in [2.05, 4.69) is 27.0 Å². The Hall–Kier alpha value is -1.68. The van der Waals surface area contributed by atoms with Crippen molar-refractivity contribution < 1.29 is 0 Å². The number of rotatable bonds is 4. The van der Waals surface area contributed by atoms with Gasteiger partial charge in [0.2, 0.25) is 0 Å². The van der Waals surface area contributed by atoms with E-state index < -0.39 is 0 Å². The summed E-state index contributed by atoms with van der Waals surface area (Å²) < 4.78 is 0. The second-order valence-corrected chi connectivity index (χ2v) is 3.34. The topological polar surface area (TPSA) is 49.6 Å². The number of nitrogens with zero attached hydrogens (tertiary/aromatic N) is 3. The summed E-state index contributed by atoms with van der Waals surface area (Å²) in [5.41, 5.74) is 1.06. The standard InChI is InChI=1S/C11H13ClN4/c1-13-10(12)7-11(14-2)16-8-9-3-5-15-6-4-9/h3-7,13H,2,8H2,1H3. The summed E-state index contributed by atoms with van der Waals surface area (Å²) >= 11 is 5.79. The molecule has 0 spiro atoms. The van der Waals surface area contributed by atoms with Gasteiger partial charge in [-0.15, -0.1) is 0 Å². The average Bonchev–Trinajstić information content (AvgIpc) is 2.35. The molecular weight excluding hydrogens is 224 g/mol. The van der Waals surface area contributed by atoms with Crippen LogP contribution < -0.4 is 5.32 Å². The fourth-order valence-electron chi connectivity index (χ4n) is 0.987. The molecule has 0 fully saturated rings. The van der Waals surface area contributed by atoms with Gasteiger partial charge in [-0.05, 0) is 24.4 Å². The third-order valence-electron chi connectivity index (χ3n) is 1.83. The van der Waals surface area contributed by atoms with Crippen LogP contribution >= 0.6 is 11.6 Å². The number of aromatic nitrogens is 1. The van der Waals surface area contributed by atoms with Crippen LogP contribution in [0.25, 0.3) is 0 Å². The molecule has 0 radical (unpaired) electrons. The molecule has 1 heterocycles. The van der Waals surface area contributed by atoms with Crippen LogP contribution in [0.1, 0.15) is 5.56 Å². The molecule has 0 unspecified atom stereocenters. The van der Waals surface area contributed by atoms with E-state index in [-0.39, 0.29) is 0 Å². The summed E-state index contributed by atoms with van der Waals surface area (Å²) in [4.78, 5) is 12.0. The Morgan fingerprint density at radius 2 is 2.25 bits per heavy atom. The van der Waals surface area contributed by atoms with Gasteiger partial charge in [-0.2, -0.15) is 0 Å². The van der Waals surface area contributed by atoms with Crippen LogP contribution in [0.2, 0.25) is 0 Å². The predicted octanol–water partition coefficient (Wildman–Crippen LogP) is 1.98. The van der Waals surface area contributed by atoms with E-state index >= 15 is 0 Å². The Labute approximate surface area is 99.8 Å². The molecule has 0 atom stereocenters. The molecule has 1 N–H and O–H groups in total. The molecule has 0 saturated heterocycles. The minimum atomic E-state index is 0.473. The van der Waals surface area contributed by atoms with Crippen molar-refractivity contribution in [2.75, 3.05) is 7.05 Å². The van der Waals surface area contributed by atoms with Crippen molar-refractivity contribution in [2.24, 2.45) is 9.98 Å². The first-order valence-electron chi connectivity index (χ1n) is 4.71.